The molecule has 2 N–H and O–H groups in total. The van der Waals surface area contributed by atoms with Gasteiger partial charge in [0.1, 0.15) is 6.04 Å². The van der Waals surface area contributed by atoms with Crippen molar-refractivity contribution >= 4 is 24.0 Å². The summed E-state index contributed by atoms with van der Waals surface area (Å²) in [5.74, 6) is -0.0486. The van der Waals surface area contributed by atoms with Gasteiger partial charge < -0.3 is 20.1 Å². The monoisotopic (exact) mass is 368 g/mol. The highest BCUT2D eigenvalue weighted by molar-refractivity contribution is 5.95. The average Bonchev–Trinajstić information content (AvgIpc) is 2.61. The average molecular weight is 369 g/mol. The molecule has 1 saturated heterocycles. The highest BCUT2D eigenvalue weighted by Gasteiger charge is 2.28. The Morgan fingerprint density at radius 1 is 1.32 bits per heavy atom. The van der Waals surface area contributed by atoms with E-state index in [2.05, 4.69) is 10.6 Å². The SMILES string of the molecule is C[C@H]1OCCN[C@@H]1C(=O)Nc1cccc(COC2CCCCC2)c1.Cl. The number of anilines is 1. The van der Waals surface area contributed by atoms with Crippen LogP contribution in [0.25, 0.3) is 0 Å². The first-order valence-electron chi connectivity index (χ1n) is 9.09. The second-order valence-electron chi connectivity index (χ2n) is 6.77. The van der Waals surface area contributed by atoms with Crippen LogP contribution in [0.2, 0.25) is 0 Å². The molecule has 2 aliphatic rings. The van der Waals surface area contributed by atoms with Crippen LogP contribution in [0, 0.1) is 0 Å². The van der Waals surface area contributed by atoms with Crippen LogP contribution >= 0.6 is 12.4 Å². The summed E-state index contributed by atoms with van der Waals surface area (Å²) in [6.07, 6.45) is 6.49. The first-order valence-corrected chi connectivity index (χ1v) is 9.09. The number of hydrogen-bond donors (Lipinski definition) is 2. The number of nitrogens with one attached hydrogen (secondary N) is 2. The van der Waals surface area contributed by atoms with Crippen LogP contribution in [0.5, 0.6) is 0 Å². The maximum atomic E-state index is 12.4. The van der Waals surface area contributed by atoms with E-state index in [0.29, 0.717) is 25.9 Å². The molecule has 140 valence electrons. The zero-order chi connectivity index (χ0) is 16.8. The lowest BCUT2D eigenvalue weighted by Gasteiger charge is -2.29. The Kier molecular flexibility index (Phi) is 8.16. The van der Waals surface area contributed by atoms with Crippen LogP contribution in [-0.4, -0.2) is 37.3 Å². The minimum Gasteiger partial charge on any atom is -0.375 e. The summed E-state index contributed by atoms with van der Waals surface area (Å²) in [5.41, 5.74) is 1.91. The molecule has 3 rings (SSSR count). The van der Waals surface area contributed by atoms with Gasteiger partial charge in [0.15, 0.2) is 0 Å². The molecule has 1 amide bonds. The van der Waals surface area contributed by atoms with Gasteiger partial charge in [0, 0.05) is 12.2 Å². The molecule has 0 radical (unpaired) electrons. The van der Waals surface area contributed by atoms with E-state index >= 15 is 0 Å². The van der Waals surface area contributed by atoms with E-state index in [4.69, 9.17) is 9.47 Å². The van der Waals surface area contributed by atoms with Crippen molar-refractivity contribution in [1.29, 1.82) is 0 Å². The van der Waals surface area contributed by atoms with Crippen LogP contribution in [0.4, 0.5) is 5.69 Å². The van der Waals surface area contributed by atoms with Crippen molar-refractivity contribution in [3.8, 4) is 0 Å². The number of hydrogen-bond acceptors (Lipinski definition) is 4. The third-order valence-corrected chi connectivity index (χ3v) is 4.83. The van der Waals surface area contributed by atoms with Gasteiger partial charge >= 0.3 is 0 Å². The van der Waals surface area contributed by atoms with E-state index in [1.54, 1.807) is 0 Å². The Labute approximate surface area is 156 Å². The number of halogens is 1. The van der Waals surface area contributed by atoms with Gasteiger partial charge in [-0.05, 0) is 37.5 Å². The van der Waals surface area contributed by atoms with Crippen LogP contribution in [-0.2, 0) is 20.9 Å². The van der Waals surface area contributed by atoms with Crippen molar-refractivity contribution < 1.29 is 14.3 Å². The Balaban J connectivity index is 0.00000225. The first-order chi connectivity index (χ1) is 11.7. The fourth-order valence-corrected chi connectivity index (χ4v) is 3.43. The smallest absolute Gasteiger partial charge is 0.244 e. The van der Waals surface area contributed by atoms with Crippen LogP contribution in [0.15, 0.2) is 24.3 Å². The zero-order valence-corrected chi connectivity index (χ0v) is 15.6. The van der Waals surface area contributed by atoms with Crippen molar-refractivity contribution in [2.45, 2.75) is 63.9 Å². The Morgan fingerprint density at radius 2 is 2.12 bits per heavy atom. The molecule has 1 aromatic rings. The van der Waals surface area contributed by atoms with E-state index in [1.807, 2.05) is 31.2 Å². The van der Waals surface area contributed by atoms with Crippen LogP contribution in [0.1, 0.15) is 44.6 Å². The minimum absolute atomic E-state index is 0. The van der Waals surface area contributed by atoms with Crippen molar-refractivity contribution in [2.75, 3.05) is 18.5 Å². The number of morpholine rings is 1. The maximum absolute atomic E-state index is 12.4. The van der Waals surface area contributed by atoms with E-state index in [-0.39, 0.29) is 30.5 Å². The Bertz CT molecular complexity index is 549. The normalized spacial score (nSPS) is 24.4. The topological polar surface area (TPSA) is 59.6 Å². The molecule has 25 heavy (non-hydrogen) atoms. The fourth-order valence-electron chi connectivity index (χ4n) is 3.43. The summed E-state index contributed by atoms with van der Waals surface area (Å²) in [5, 5.41) is 6.19. The number of rotatable bonds is 5. The lowest BCUT2D eigenvalue weighted by Crippen LogP contribution is -2.53. The van der Waals surface area contributed by atoms with Crippen LogP contribution in [0.3, 0.4) is 0 Å². The standard InChI is InChI=1S/C19H28N2O3.ClH/c1-14-18(20-10-11-23-14)19(22)21-16-7-5-6-15(12-16)13-24-17-8-3-2-4-9-17;/h5-7,12,14,17-18,20H,2-4,8-11,13H2,1H3,(H,21,22);1H/t14-,18+;/m1./s1. The molecular weight excluding hydrogens is 340 g/mol. The summed E-state index contributed by atoms with van der Waals surface area (Å²) < 4.78 is 11.6. The Hall–Kier alpha value is -1.14. The minimum atomic E-state index is -0.305. The lowest BCUT2D eigenvalue weighted by atomic mass is 9.98. The van der Waals surface area contributed by atoms with Gasteiger partial charge in [-0.3, -0.25) is 4.79 Å². The van der Waals surface area contributed by atoms with Crippen molar-refractivity contribution in [3.63, 3.8) is 0 Å². The summed E-state index contributed by atoms with van der Waals surface area (Å²) in [4.78, 5) is 12.4. The van der Waals surface area contributed by atoms with Gasteiger partial charge in [0.25, 0.3) is 0 Å². The molecule has 6 heteroatoms. The van der Waals surface area contributed by atoms with Crippen molar-refractivity contribution in [3.05, 3.63) is 29.8 Å². The highest BCUT2D eigenvalue weighted by Crippen LogP contribution is 2.22. The van der Waals surface area contributed by atoms with E-state index in [9.17, 15) is 4.79 Å². The van der Waals surface area contributed by atoms with Crippen molar-refractivity contribution in [1.82, 2.24) is 5.32 Å². The molecule has 0 spiro atoms. The molecule has 1 aromatic carbocycles. The van der Waals surface area contributed by atoms with Gasteiger partial charge in [0.05, 0.1) is 25.4 Å². The zero-order valence-electron chi connectivity index (χ0n) is 14.8. The van der Waals surface area contributed by atoms with Gasteiger partial charge in [0.2, 0.25) is 5.91 Å². The lowest BCUT2D eigenvalue weighted by molar-refractivity contribution is -0.123. The Morgan fingerprint density at radius 3 is 2.88 bits per heavy atom. The third-order valence-electron chi connectivity index (χ3n) is 4.83. The van der Waals surface area contributed by atoms with E-state index in [0.717, 1.165) is 11.3 Å². The molecule has 1 aliphatic heterocycles. The van der Waals surface area contributed by atoms with Gasteiger partial charge in [-0.25, -0.2) is 0 Å². The second kappa shape index (κ2) is 10.1. The number of benzene rings is 1. The van der Waals surface area contributed by atoms with Crippen LogP contribution < -0.4 is 10.6 Å². The summed E-state index contributed by atoms with van der Waals surface area (Å²) in [7, 11) is 0. The molecule has 0 bridgehead atoms. The number of ether oxygens (including phenoxy) is 2. The van der Waals surface area contributed by atoms with E-state index in [1.165, 1.54) is 32.1 Å². The maximum Gasteiger partial charge on any atom is 0.244 e. The quantitative estimate of drug-likeness (QED) is 0.837. The molecule has 1 heterocycles. The largest absolute Gasteiger partial charge is 0.375 e. The summed E-state index contributed by atoms with van der Waals surface area (Å²) >= 11 is 0. The molecule has 1 saturated carbocycles. The molecule has 0 aromatic heterocycles. The molecule has 2 atom stereocenters. The molecular formula is C19H29ClN2O3. The number of carbonyl (C=O) groups is 1. The predicted molar refractivity (Wildman–Crippen MR) is 101 cm³/mol. The molecule has 5 nitrogen and oxygen atoms in total. The number of carbonyl (C=O) groups excluding carboxylic acids is 1. The molecule has 0 unspecified atom stereocenters. The number of amides is 1. The van der Waals surface area contributed by atoms with Gasteiger partial charge in [-0.2, -0.15) is 0 Å². The second-order valence-corrected chi connectivity index (χ2v) is 6.77. The molecule has 2 fully saturated rings. The van der Waals surface area contributed by atoms with Gasteiger partial charge in [-0.15, -0.1) is 12.4 Å². The third kappa shape index (κ3) is 5.96. The molecule has 1 aliphatic carbocycles. The van der Waals surface area contributed by atoms with Gasteiger partial charge in [-0.1, -0.05) is 31.4 Å². The highest BCUT2D eigenvalue weighted by atomic mass is 35.5. The van der Waals surface area contributed by atoms with E-state index < -0.39 is 0 Å². The summed E-state index contributed by atoms with van der Waals surface area (Å²) in [6.45, 7) is 3.89. The first kappa shape index (κ1) is 20.2. The van der Waals surface area contributed by atoms with Crippen molar-refractivity contribution in [2.24, 2.45) is 0 Å². The fraction of sp³-hybridized carbons (Fsp3) is 0.632. The summed E-state index contributed by atoms with van der Waals surface area (Å²) in [6, 6.07) is 7.61. The predicted octanol–water partition coefficient (Wildman–Crippen LogP) is 3.27.